The SMILES string of the molecule is COc1ccc(C(=O)N/C(=C\c2cccs2)C(=O)NCCSCc2ccccc2F)cc1. The smallest absolute Gasteiger partial charge is 0.267 e. The molecule has 0 aliphatic rings. The molecule has 0 fully saturated rings. The maximum absolute atomic E-state index is 13.7. The van der Waals surface area contributed by atoms with E-state index in [1.807, 2.05) is 17.5 Å². The molecular formula is C24H23FN2O3S2. The zero-order chi connectivity index (χ0) is 22.8. The fourth-order valence-electron chi connectivity index (χ4n) is 2.74. The molecule has 0 bridgehead atoms. The number of thioether (sulfide) groups is 1. The van der Waals surface area contributed by atoms with E-state index in [0.717, 1.165) is 4.88 Å². The molecule has 1 heterocycles. The lowest BCUT2D eigenvalue weighted by Gasteiger charge is -2.11. The van der Waals surface area contributed by atoms with Gasteiger partial charge in [0.25, 0.3) is 11.8 Å². The predicted octanol–water partition coefficient (Wildman–Crippen LogP) is 4.72. The van der Waals surface area contributed by atoms with Crippen LogP contribution in [-0.4, -0.2) is 31.2 Å². The molecule has 5 nitrogen and oxygen atoms in total. The van der Waals surface area contributed by atoms with Gasteiger partial charge in [-0.25, -0.2) is 4.39 Å². The molecule has 0 aliphatic carbocycles. The van der Waals surface area contributed by atoms with Crippen LogP contribution in [0.1, 0.15) is 20.8 Å². The van der Waals surface area contributed by atoms with E-state index in [0.29, 0.717) is 34.9 Å². The number of ether oxygens (including phenoxy) is 1. The Bertz CT molecular complexity index is 1070. The molecule has 0 radical (unpaired) electrons. The van der Waals surface area contributed by atoms with Gasteiger partial charge in [0.15, 0.2) is 0 Å². The molecule has 0 unspecified atom stereocenters. The van der Waals surface area contributed by atoms with Crippen molar-refractivity contribution in [2.75, 3.05) is 19.4 Å². The van der Waals surface area contributed by atoms with Crippen LogP contribution in [-0.2, 0) is 10.5 Å². The number of amides is 2. The number of hydrogen-bond donors (Lipinski definition) is 2. The van der Waals surface area contributed by atoms with Crippen molar-refractivity contribution in [1.29, 1.82) is 0 Å². The molecule has 32 heavy (non-hydrogen) atoms. The zero-order valence-electron chi connectivity index (χ0n) is 17.5. The Kier molecular flexibility index (Phi) is 8.89. The summed E-state index contributed by atoms with van der Waals surface area (Å²) in [6.07, 6.45) is 1.65. The van der Waals surface area contributed by atoms with E-state index >= 15 is 0 Å². The molecule has 0 aliphatic heterocycles. The van der Waals surface area contributed by atoms with Crippen LogP contribution in [0, 0.1) is 5.82 Å². The number of carbonyl (C=O) groups excluding carboxylic acids is 2. The molecular weight excluding hydrogens is 447 g/mol. The summed E-state index contributed by atoms with van der Waals surface area (Å²) in [4.78, 5) is 26.2. The highest BCUT2D eigenvalue weighted by Crippen LogP contribution is 2.16. The van der Waals surface area contributed by atoms with E-state index in [-0.39, 0.29) is 23.3 Å². The highest BCUT2D eigenvalue weighted by Gasteiger charge is 2.15. The van der Waals surface area contributed by atoms with E-state index in [2.05, 4.69) is 10.6 Å². The fraction of sp³-hybridized carbons (Fsp3) is 0.167. The van der Waals surface area contributed by atoms with Crippen LogP contribution in [0.2, 0.25) is 0 Å². The molecule has 2 N–H and O–H groups in total. The van der Waals surface area contributed by atoms with Gasteiger partial charge in [0.1, 0.15) is 17.3 Å². The van der Waals surface area contributed by atoms with Crippen LogP contribution in [0.25, 0.3) is 6.08 Å². The first-order valence-electron chi connectivity index (χ1n) is 9.87. The van der Waals surface area contributed by atoms with Crippen LogP contribution in [0.4, 0.5) is 4.39 Å². The van der Waals surface area contributed by atoms with Crippen molar-refractivity contribution < 1.29 is 18.7 Å². The minimum Gasteiger partial charge on any atom is -0.497 e. The van der Waals surface area contributed by atoms with Crippen LogP contribution in [0.5, 0.6) is 5.75 Å². The molecule has 2 amide bonds. The topological polar surface area (TPSA) is 67.4 Å². The van der Waals surface area contributed by atoms with E-state index in [9.17, 15) is 14.0 Å². The summed E-state index contributed by atoms with van der Waals surface area (Å²) in [6, 6.07) is 17.0. The second-order valence-corrected chi connectivity index (χ2v) is 8.74. The third-order valence-corrected chi connectivity index (χ3v) is 6.25. The van der Waals surface area contributed by atoms with Gasteiger partial charge in [-0.2, -0.15) is 11.8 Å². The van der Waals surface area contributed by atoms with Gasteiger partial charge in [0.2, 0.25) is 0 Å². The standard InChI is InChI=1S/C24H23FN2O3S2/c1-30-19-10-8-17(9-11-19)23(28)27-22(15-20-6-4-13-32-20)24(29)26-12-14-31-16-18-5-2-3-7-21(18)25/h2-11,13,15H,12,14,16H2,1H3,(H,26,29)(H,27,28)/b22-15-. The lowest BCUT2D eigenvalue weighted by Crippen LogP contribution is -2.35. The number of nitrogens with one attached hydrogen (secondary N) is 2. The number of benzene rings is 2. The maximum Gasteiger partial charge on any atom is 0.267 e. The number of rotatable bonds is 10. The number of hydrogen-bond acceptors (Lipinski definition) is 5. The van der Waals surface area contributed by atoms with Crippen molar-refractivity contribution in [3.05, 3.63) is 93.6 Å². The number of carbonyl (C=O) groups is 2. The molecule has 8 heteroatoms. The maximum atomic E-state index is 13.7. The third-order valence-electron chi connectivity index (χ3n) is 4.42. The average Bonchev–Trinajstić information content (AvgIpc) is 3.32. The van der Waals surface area contributed by atoms with Crippen molar-refractivity contribution in [2.24, 2.45) is 0 Å². The highest BCUT2D eigenvalue weighted by atomic mass is 32.2. The van der Waals surface area contributed by atoms with Crippen molar-refractivity contribution in [1.82, 2.24) is 10.6 Å². The Morgan fingerprint density at radius 3 is 2.56 bits per heavy atom. The second-order valence-electron chi connectivity index (χ2n) is 6.66. The highest BCUT2D eigenvalue weighted by molar-refractivity contribution is 7.98. The van der Waals surface area contributed by atoms with Crippen molar-refractivity contribution >= 4 is 41.0 Å². The minimum absolute atomic E-state index is 0.160. The van der Waals surface area contributed by atoms with Crippen LogP contribution in [0.3, 0.4) is 0 Å². The van der Waals surface area contributed by atoms with Gasteiger partial charge in [-0.15, -0.1) is 11.3 Å². The summed E-state index contributed by atoms with van der Waals surface area (Å²) in [6.45, 7) is 0.387. The van der Waals surface area contributed by atoms with Crippen molar-refractivity contribution in [3.63, 3.8) is 0 Å². The van der Waals surface area contributed by atoms with E-state index in [4.69, 9.17) is 4.74 Å². The molecule has 0 saturated carbocycles. The largest absolute Gasteiger partial charge is 0.497 e. The molecule has 1 aromatic heterocycles. The molecule has 0 spiro atoms. The monoisotopic (exact) mass is 470 g/mol. The summed E-state index contributed by atoms with van der Waals surface area (Å²) in [7, 11) is 1.55. The summed E-state index contributed by atoms with van der Waals surface area (Å²) < 4.78 is 18.8. The Morgan fingerprint density at radius 2 is 1.88 bits per heavy atom. The first kappa shape index (κ1) is 23.6. The predicted molar refractivity (Wildman–Crippen MR) is 128 cm³/mol. The van der Waals surface area contributed by atoms with Gasteiger partial charge in [-0.1, -0.05) is 24.3 Å². The summed E-state index contributed by atoms with van der Waals surface area (Å²) in [5.41, 5.74) is 1.21. The van der Waals surface area contributed by atoms with E-state index < -0.39 is 0 Å². The molecule has 3 rings (SSSR count). The molecule has 2 aromatic carbocycles. The summed E-state index contributed by atoms with van der Waals surface area (Å²) in [5, 5.41) is 7.42. The zero-order valence-corrected chi connectivity index (χ0v) is 19.1. The fourth-order valence-corrected chi connectivity index (χ4v) is 4.24. The Morgan fingerprint density at radius 1 is 1.09 bits per heavy atom. The molecule has 0 atom stereocenters. The van der Waals surface area contributed by atoms with Gasteiger partial charge < -0.3 is 15.4 Å². The second kappa shape index (κ2) is 12.1. The summed E-state index contributed by atoms with van der Waals surface area (Å²) >= 11 is 2.99. The Balaban J connectivity index is 1.57. The van der Waals surface area contributed by atoms with Gasteiger partial charge in [0.05, 0.1) is 7.11 Å². The number of thiophene rings is 1. The number of halogens is 1. The first-order valence-corrected chi connectivity index (χ1v) is 11.9. The average molecular weight is 471 g/mol. The Hall–Kier alpha value is -3.10. The minimum atomic E-state index is -0.389. The third kappa shape index (κ3) is 6.96. The van der Waals surface area contributed by atoms with Crippen LogP contribution in [0.15, 0.2) is 71.7 Å². The van der Waals surface area contributed by atoms with E-state index in [1.165, 1.54) is 29.2 Å². The lowest BCUT2D eigenvalue weighted by molar-refractivity contribution is -0.117. The first-order chi connectivity index (χ1) is 15.6. The van der Waals surface area contributed by atoms with E-state index in [1.54, 1.807) is 55.7 Å². The number of methoxy groups -OCH3 is 1. The summed E-state index contributed by atoms with van der Waals surface area (Å²) in [5.74, 6) is 0.771. The van der Waals surface area contributed by atoms with Gasteiger partial charge in [-0.3, -0.25) is 9.59 Å². The van der Waals surface area contributed by atoms with Crippen molar-refractivity contribution in [3.8, 4) is 5.75 Å². The molecule has 166 valence electrons. The van der Waals surface area contributed by atoms with Crippen LogP contribution >= 0.6 is 23.1 Å². The Labute approximate surface area is 194 Å². The van der Waals surface area contributed by atoms with Gasteiger partial charge in [0, 0.05) is 28.5 Å². The molecule has 0 saturated heterocycles. The van der Waals surface area contributed by atoms with Crippen molar-refractivity contribution in [2.45, 2.75) is 5.75 Å². The molecule has 3 aromatic rings. The quantitative estimate of drug-likeness (QED) is 0.333. The van der Waals surface area contributed by atoms with Gasteiger partial charge in [-0.05, 0) is 53.4 Å². The van der Waals surface area contributed by atoms with Gasteiger partial charge >= 0.3 is 0 Å². The van der Waals surface area contributed by atoms with Crippen LogP contribution < -0.4 is 15.4 Å². The normalized spacial score (nSPS) is 11.1. The lowest BCUT2D eigenvalue weighted by atomic mass is 10.2.